The molecule has 0 radical (unpaired) electrons. The van der Waals surface area contributed by atoms with Crippen molar-refractivity contribution in [2.24, 2.45) is 22.2 Å². The number of aryl methyl sites for hydroxylation is 1. The van der Waals surface area contributed by atoms with E-state index in [1.165, 1.54) is 36.9 Å². The number of nitrogens with two attached hydrogens (primary N) is 3. The first-order valence-corrected chi connectivity index (χ1v) is 28.6. The number of guanidine groups is 1. The second-order valence-electron chi connectivity index (χ2n) is 21.5. The summed E-state index contributed by atoms with van der Waals surface area (Å²) in [5.74, 6) is -5.90. The van der Waals surface area contributed by atoms with Crippen molar-refractivity contribution in [1.29, 1.82) is 0 Å². The Labute approximate surface area is 487 Å². The Morgan fingerprint density at radius 2 is 1.35 bits per heavy atom. The van der Waals surface area contributed by atoms with Crippen molar-refractivity contribution >= 4 is 58.9 Å². The Kier molecular flexibility index (Phi) is 22.2. The minimum absolute atomic E-state index is 0.0249. The highest BCUT2D eigenvalue weighted by molar-refractivity contribution is 6.00. The molecule has 3 saturated heterocycles. The zero-order valence-corrected chi connectivity index (χ0v) is 47.6. The van der Waals surface area contributed by atoms with E-state index < -0.39 is 102 Å². The van der Waals surface area contributed by atoms with Crippen LogP contribution in [0.1, 0.15) is 94.5 Å². The van der Waals surface area contributed by atoms with E-state index in [4.69, 9.17) is 21.9 Å². The first-order valence-electron chi connectivity index (χ1n) is 28.6. The van der Waals surface area contributed by atoms with Crippen LogP contribution in [-0.4, -0.2) is 166 Å². The third-order valence-corrected chi connectivity index (χ3v) is 15.2. The van der Waals surface area contributed by atoms with E-state index in [1.807, 2.05) is 48.5 Å². The van der Waals surface area contributed by atoms with Crippen molar-refractivity contribution < 1.29 is 58.4 Å². The molecule has 84 heavy (non-hydrogen) atoms. The second kappa shape index (κ2) is 29.6. The Hall–Kier alpha value is -8.61. The summed E-state index contributed by atoms with van der Waals surface area (Å²) in [4.78, 5) is 119. The average Bonchev–Trinajstić information content (AvgIpc) is 4.34. The summed E-state index contributed by atoms with van der Waals surface area (Å²) in [7, 11) is 0. The van der Waals surface area contributed by atoms with E-state index in [2.05, 4.69) is 43.8 Å². The molecule has 9 atom stereocenters. The molecule has 24 heteroatoms. The normalized spacial score (nSPS) is 22.6. The van der Waals surface area contributed by atoms with Crippen molar-refractivity contribution in [2.45, 2.75) is 139 Å². The molecule has 8 amide bonds. The smallest absolute Gasteiger partial charge is 0.251 e. The summed E-state index contributed by atoms with van der Waals surface area (Å²) < 4.78 is 5.87. The maximum atomic E-state index is 14.6. The van der Waals surface area contributed by atoms with Gasteiger partial charge in [-0.2, -0.15) is 0 Å². The lowest BCUT2D eigenvalue weighted by atomic mass is 9.99. The molecule has 15 N–H and O–H groups in total. The van der Waals surface area contributed by atoms with E-state index in [-0.39, 0.29) is 87.7 Å². The molecule has 3 aliphatic rings. The summed E-state index contributed by atoms with van der Waals surface area (Å²) >= 11 is 0. The minimum Gasteiger partial charge on any atom is -0.506 e. The number of phenolic OH excluding ortho intramolecular Hbond substituents is 1. The number of aliphatic hydroxyl groups is 2. The van der Waals surface area contributed by atoms with Crippen LogP contribution in [0.4, 0.5) is 5.69 Å². The fourth-order valence-corrected chi connectivity index (χ4v) is 10.5. The maximum Gasteiger partial charge on any atom is 0.251 e. The predicted octanol–water partition coefficient (Wildman–Crippen LogP) is 1.28. The number of ether oxygens (including phenoxy) is 1. The van der Waals surface area contributed by atoms with E-state index in [9.17, 15) is 53.7 Å². The largest absolute Gasteiger partial charge is 0.506 e. The molecule has 4 aromatic rings. The van der Waals surface area contributed by atoms with Gasteiger partial charge in [-0.15, -0.1) is 0 Å². The van der Waals surface area contributed by atoms with Gasteiger partial charge in [-0.25, -0.2) is 4.99 Å². The van der Waals surface area contributed by atoms with Crippen molar-refractivity contribution in [3.8, 4) is 33.8 Å². The molecule has 0 spiro atoms. The first-order chi connectivity index (χ1) is 40.2. The summed E-state index contributed by atoms with van der Waals surface area (Å²) in [6.07, 6.45) is 0.374. The van der Waals surface area contributed by atoms with Gasteiger partial charge in [0.15, 0.2) is 5.96 Å². The quantitative estimate of drug-likeness (QED) is 0.0307. The molecule has 3 fully saturated rings. The van der Waals surface area contributed by atoms with Gasteiger partial charge in [0.1, 0.15) is 47.8 Å². The molecule has 0 aliphatic carbocycles. The van der Waals surface area contributed by atoms with Crippen molar-refractivity contribution in [1.82, 2.24) is 36.4 Å². The Morgan fingerprint density at radius 1 is 0.738 bits per heavy atom. The Balaban J connectivity index is 1.13. The topological polar surface area (TPSA) is 376 Å². The molecule has 0 bridgehead atoms. The van der Waals surface area contributed by atoms with Crippen LogP contribution in [-0.2, 0) is 40.0 Å². The molecule has 3 aliphatic heterocycles. The molecule has 7 rings (SSSR count). The number of amides is 8. The number of aliphatic hydroxyl groups excluding tert-OH is 2. The minimum atomic E-state index is -1.68. The van der Waals surface area contributed by atoms with Crippen molar-refractivity contribution in [3.05, 3.63) is 102 Å². The number of carbonyl (C=O) groups is 8. The van der Waals surface area contributed by atoms with Crippen LogP contribution in [0, 0.1) is 0 Å². The van der Waals surface area contributed by atoms with Gasteiger partial charge in [0.05, 0.1) is 37.1 Å². The van der Waals surface area contributed by atoms with Gasteiger partial charge in [0, 0.05) is 31.6 Å². The zero-order chi connectivity index (χ0) is 60.6. The second-order valence-corrected chi connectivity index (χ2v) is 21.5. The highest BCUT2D eigenvalue weighted by atomic mass is 16.5. The standard InChI is InChI=1S/C60H78N12O12/c1-4-5-6-29-84-43-23-21-40(22-24-43)38-15-13-37(14-16-38)39-17-19-41(20-18-39)53(77)67-44-9-7-27-64-56(80)48-31-42(65-60(62)63)33-72(48)59(83)52(35(3)74)70-55(79)45(25-11-36-12-26-49(75)46(30-36)66-50(76)32-61)68-57(81)47-10-8-28-71(47)58(82)51(34(2)73)69-54(44)78/h12-24,26,30,34-35,42,44-45,47-48,51-52,73-75H,4-11,25,27-29,31-33,61H2,1-3H3,(H,64,80)(H,66,76)(H,67,77)(H,68,81)(H,69,78)(H,70,79)(H4,62,63,65)/t34-,35-,42+,44+,45+,47+,48+,51+,52+/m1/s1. The van der Waals surface area contributed by atoms with Crippen molar-refractivity contribution in [3.63, 3.8) is 0 Å². The number of phenols is 1. The molecule has 4 aromatic carbocycles. The van der Waals surface area contributed by atoms with Crippen LogP contribution in [0.2, 0.25) is 0 Å². The molecule has 0 aromatic heterocycles. The Morgan fingerprint density at radius 3 is 1.95 bits per heavy atom. The Bertz CT molecular complexity index is 3010. The number of nitrogens with zero attached hydrogens (tertiary/aromatic N) is 3. The van der Waals surface area contributed by atoms with Gasteiger partial charge < -0.3 is 79.0 Å². The van der Waals surface area contributed by atoms with E-state index in [0.29, 0.717) is 18.6 Å². The predicted molar refractivity (Wildman–Crippen MR) is 314 cm³/mol. The fourth-order valence-electron chi connectivity index (χ4n) is 10.5. The number of fused-ring (bicyclic) bond motifs is 2. The van der Waals surface area contributed by atoms with Gasteiger partial charge in [0.25, 0.3) is 5.91 Å². The number of hydrogen-bond acceptors (Lipinski definition) is 14. The lowest BCUT2D eigenvalue weighted by Crippen LogP contribution is -2.61. The molecule has 450 valence electrons. The number of aromatic hydroxyl groups is 1. The number of aliphatic imine (C=N–C) groups is 1. The van der Waals surface area contributed by atoms with Crippen LogP contribution in [0.5, 0.6) is 11.5 Å². The van der Waals surface area contributed by atoms with Crippen LogP contribution >= 0.6 is 0 Å². The fraction of sp³-hybridized carbons (Fsp3) is 0.450. The number of unbranched alkanes of at least 4 members (excludes halogenated alkanes) is 2. The number of rotatable bonds is 17. The van der Waals surface area contributed by atoms with Gasteiger partial charge in [-0.3, -0.25) is 38.4 Å². The molecular formula is C60H78N12O12. The third-order valence-electron chi connectivity index (χ3n) is 15.2. The van der Waals surface area contributed by atoms with Gasteiger partial charge in [-0.05, 0) is 123 Å². The van der Waals surface area contributed by atoms with Crippen molar-refractivity contribution in [2.75, 3.05) is 38.1 Å². The number of carbonyl (C=O) groups excluding carboxylic acids is 8. The molecule has 3 heterocycles. The summed E-state index contributed by atoms with van der Waals surface area (Å²) in [5, 5.41) is 48.6. The number of anilines is 1. The third kappa shape index (κ3) is 16.6. The summed E-state index contributed by atoms with van der Waals surface area (Å²) in [6.45, 7) is 4.74. The summed E-state index contributed by atoms with van der Waals surface area (Å²) in [5.41, 5.74) is 21.4. The average molecular weight is 1160 g/mol. The zero-order valence-electron chi connectivity index (χ0n) is 47.6. The van der Waals surface area contributed by atoms with Crippen LogP contribution in [0.15, 0.2) is 96.0 Å². The molecule has 24 nitrogen and oxygen atoms in total. The molecular weight excluding hydrogens is 1080 g/mol. The summed E-state index contributed by atoms with van der Waals surface area (Å²) in [6, 6.07) is 17.6. The van der Waals surface area contributed by atoms with E-state index in [0.717, 1.165) is 52.2 Å². The number of nitrogens with one attached hydrogen (secondary N) is 6. The first kappa shape index (κ1) is 63.0. The van der Waals surface area contributed by atoms with Crippen LogP contribution in [0.3, 0.4) is 0 Å². The van der Waals surface area contributed by atoms with Crippen LogP contribution in [0.25, 0.3) is 22.3 Å². The van der Waals surface area contributed by atoms with Gasteiger partial charge in [-0.1, -0.05) is 74.4 Å². The monoisotopic (exact) mass is 1160 g/mol. The lowest BCUT2D eigenvalue weighted by Gasteiger charge is -2.32. The van der Waals surface area contributed by atoms with Gasteiger partial charge in [0.2, 0.25) is 41.4 Å². The number of benzene rings is 4. The lowest BCUT2D eigenvalue weighted by molar-refractivity contribution is -0.145. The number of hydrogen-bond donors (Lipinski definition) is 12. The molecule has 0 unspecified atom stereocenters. The highest BCUT2D eigenvalue weighted by Crippen LogP contribution is 2.29. The maximum absolute atomic E-state index is 14.6. The van der Waals surface area contributed by atoms with Gasteiger partial charge >= 0.3 is 0 Å². The van der Waals surface area contributed by atoms with E-state index in [1.54, 1.807) is 24.3 Å². The van der Waals surface area contributed by atoms with E-state index >= 15 is 0 Å². The molecule has 0 saturated carbocycles. The highest BCUT2D eigenvalue weighted by Gasteiger charge is 2.45. The van der Waals surface area contributed by atoms with Crippen LogP contribution < -0.4 is 53.8 Å². The SMILES string of the molecule is CCCCCOc1ccc(-c2ccc(-c3ccc(C(=O)N[C@H]4CCCNC(=O)[C@@H]5C[C@H](N=C(N)N)CN5C(=O)[C@H]([C@@H](C)O)NC(=O)[C@H](CCc5ccc(O)c(NC(=O)CN)c5)NC(=O)[C@@H]5CCCN5C(=O)[C@H]([C@@H](C)O)NC4=O)cc3)cc2)cc1.